The molecule has 0 aromatic heterocycles. The van der Waals surface area contributed by atoms with E-state index in [1.54, 1.807) is 12.1 Å². The summed E-state index contributed by atoms with van der Waals surface area (Å²) in [7, 11) is 1.77. The quantitative estimate of drug-likeness (QED) is 0.675. The molecule has 5 nitrogen and oxygen atoms in total. The van der Waals surface area contributed by atoms with Crippen molar-refractivity contribution < 1.29 is 42.3 Å². The molecule has 2 fully saturated rings. The van der Waals surface area contributed by atoms with E-state index in [1.165, 1.54) is 0 Å². The van der Waals surface area contributed by atoms with Crippen LogP contribution in [0.2, 0.25) is 0 Å². The van der Waals surface area contributed by atoms with Crippen molar-refractivity contribution in [3.05, 3.63) is 0 Å². The molecule has 2 heterocycles. The zero-order valence-corrected chi connectivity index (χ0v) is 12.7. The summed E-state index contributed by atoms with van der Waals surface area (Å²) in [6.45, 7) is 5.21. The first-order valence-corrected chi connectivity index (χ1v) is 5.18. The Labute approximate surface area is 121 Å². The van der Waals surface area contributed by atoms with E-state index in [-0.39, 0.29) is 44.5 Å². The number of amides is 1. The van der Waals surface area contributed by atoms with Crippen LogP contribution in [-0.2, 0) is 42.3 Å². The van der Waals surface area contributed by atoms with Gasteiger partial charge in [0.2, 0.25) is 0 Å². The van der Waals surface area contributed by atoms with Gasteiger partial charge in [-0.2, -0.15) is 0 Å². The third-order valence-electron chi connectivity index (χ3n) is 3.46. The number of likely N-dealkylation sites (N-methyl/N-ethyl adjacent to an activating group) is 1. The van der Waals surface area contributed by atoms with Crippen molar-refractivity contribution in [2.24, 2.45) is 5.92 Å². The average Bonchev–Trinajstić information content (AvgIpc) is 2.63. The molecule has 2 aliphatic heterocycles. The fraction of sp³-hybridized carbons (Fsp3) is 0.800. The van der Waals surface area contributed by atoms with E-state index in [2.05, 4.69) is 5.32 Å². The molecule has 0 aromatic rings. The minimum Gasteiger partial charge on any atom is -0.540 e. The van der Waals surface area contributed by atoms with Crippen LogP contribution in [0.1, 0.15) is 13.8 Å². The topological polar surface area (TPSA) is 52.7 Å². The Morgan fingerprint density at radius 1 is 1.56 bits per heavy atom. The Bertz CT molecular complexity index is 312. The molecule has 0 aliphatic carbocycles. The second-order valence-electron chi connectivity index (χ2n) is 4.62. The molecule has 2 rings (SSSR count). The zero-order valence-electron chi connectivity index (χ0n) is 9.86. The van der Waals surface area contributed by atoms with E-state index in [1.807, 2.05) is 25.1 Å². The largest absolute Gasteiger partial charge is 0.540 e. The first kappa shape index (κ1) is 14.2. The molecular weight excluding hydrogens is 283 g/mol. The maximum absolute atomic E-state index is 12.1. The molecule has 3 unspecified atom stereocenters. The number of hydrogen-bond acceptors (Lipinski definition) is 4. The van der Waals surface area contributed by atoms with E-state index in [9.17, 15) is 9.59 Å². The van der Waals surface area contributed by atoms with Crippen LogP contribution in [0.15, 0.2) is 0 Å². The van der Waals surface area contributed by atoms with Crippen LogP contribution < -0.4 is 5.32 Å². The van der Waals surface area contributed by atoms with Crippen LogP contribution in [0, 0.1) is 5.92 Å². The third kappa shape index (κ3) is 1.88. The summed E-state index contributed by atoms with van der Waals surface area (Å²) in [4.78, 5) is 22.9. The Balaban J connectivity index is 0.00000128. The minimum atomic E-state index is -0.560. The first-order valence-electron chi connectivity index (χ1n) is 5.18. The summed E-state index contributed by atoms with van der Waals surface area (Å²) in [6.07, 6.45) is 1.96. The van der Waals surface area contributed by atoms with Crippen molar-refractivity contribution in [2.75, 3.05) is 20.1 Å². The van der Waals surface area contributed by atoms with Gasteiger partial charge in [-0.15, -0.1) is 0 Å². The SMILES string of the molecule is CNC1(C)CN2CC(C)C([C-]=O)N2C1=O.[Y]. The number of hydrazine groups is 1. The fourth-order valence-corrected chi connectivity index (χ4v) is 2.37. The molecule has 1 N–H and O–H groups in total. The predicted octanol–water partition coefficient (Wildman–Crippen LogP) is -0.851. The van der Waals surface area contributed by atoms with Crippen molar-refractivity contribution in [3.63, 3.8) is 0 Å². The number of nitrogens with one attached hydrogen (secondary N) is 1. The number of carbonyl (C=O) groups is 1. The Morgan fingerprint density at radius 2 is 2.19 bits per heavy atom. The molecule has 2 saturated heterocycles. The minimum absolute atomic E-state index is 0. The monoisotopic (exact) mass is 299 g/mol. The van der Waals surface area contributed by atoms with Crippen LogP contribution in [-0.4, -0.2) is 53.9 Å². The summed E-state index contributed by atoms with van der Waals surface area (Å²) < 4.78 is 0. The van der Waals surface area contributed by atoms with E-state index >= 15 is 0 Å². The Hall–Kier alpha value is 0.164. The molecular formula is C10H16N3O2Y-. The predicted molar refractivity (Wildman–Crippen MR) is 54.5 cm³/mol. The molecule has 1 amide bonds. The molecule has 6 heteroatoms. The van der Waals surface area contributed by atoms with Crippen molar-refractivity contribution in [3.8, 4) is 0 Å². The second-order valence-corrected chi connectivity index (χ2v) is 4.62. The van der Waals surface area contributed by atoms with Gasteiger partial charge >= 0.3 is 0 Å². The second kappa shape index (κ2) is 4.80. The summed E-state index contributed by atoms with van der Waals surface area (Å²) >= 11 is 0. The molecule has 87 valence electrons. The number of nitrogens with zero attached hydrogens (tertiary/aromatic N) is 2. The van der Waals surface area contributed by atoms with Gasteiger partial charge in [0.15, 0.2) is 0 Å². The smallest absolute Gasteiger partial charge is 0.256 e. The summed E-state index contributed by atoms with van der Waals surface area (Å²) in [6, 6.07) is -0.410. The van der Waals surface area contributed by atoms with Gasteiger partial charge in [-0.1, -0.05) is 6.92 Å². The van der Waals surface area contributed by atoms with Crippen LogP contribution >= 0.6 is 0 Å². The van der Waals surface area contributed by atoms with Crippen LogP contribution in [0.3, 0.4) is 0 Å². The van der Waals surface area contributed by atoms with Crippen molar-refractivity contribution in [1.82, 2.24) is 15.3 Å². The molecule has 0 saturated carbocycles. The first-order chi connectivity index (χ1) is 7.03. The van der Waals surface area contributed by atoms with Gasteiger partial charge in [0.1, 0.15) is 5.54 Å². The third-order valence-corrected chi connectivity index (χ3v) is 3.46. The van der Waals surface area contributed by atoms with Gasteiger partial charge in [0.05, 0.1) is 0 Å². The van der Waals surface area contributed by atoms with Crippen molar-refractivity contribution in [1.29, 1.82) is 0 Å². The molecule has 1 radical (unpaired) electrons. The van der Waals surface area contributed by atoms with Gasteiger partial charge < -0.3 is 10.1 Å². The average molecular weight is 299 g/mol. The summed E-state index contributed by atoms with van der Waals surface area (Å²) in [5.74, 6) is 0.149. The van der Waals surface area contributed by atoms with Gasteiger partial charge in [-0.05, 0) is 25.9 Å². The molecule has 0 spiro atoms. The maximum atomic E-state index is 12.1. The number of rotatable bonds is 2. The molecule has 3 atom stereocenters. The number of fused-ring (bicyclic) bond motifs is 1. The van der Waals surface area contributed by atoms with Gasteiger partial charge in [0, 0.05) is 45.8 Å². The van der Waals surface area contributed by atoms with Gasteiger partial charge in [0.25, 0.3) is 5.91 Å². The molecule has 0 aromatic carbocycles. The van der Waals surface area contributed by atoms with E-state index < -0.39 is 11.6 Å². The fourth-order valence-electron chi connectivity index (χ4n) is 2.37. The van der Waals surface area contributed by atoms with Gasteiger partial charge in [-0.3, -0.25) is 9.80 Å². The summed E-state index contributed by atoms with van der Waals surface area (Å²) in [5, 5.41) is 6.52. The molecule has 2 aliphatic rings. The van der Waals surface area contributed by atoms with E-state index in [4.69, 9.17) is 0 Å². The van der Waals surface area contributed by atoms with E-state index in [0.717, 1.165) is 6.54 Å². The Morgan fingerprint density at radius 3 is 2.69 bits per heavy atom. The molecule has 0 bridgehead atoms. The maximum Gasteiger partial charge on any atom is 0.256 e. The van der Waals surface area contributed by atoms with E-state index in [0.29, 0.717) is 6.54 Å². The van der Waals surface area contributed by atoms with Crippen LogP contribution in [0.25, 0.3) is 0 Å². The normalized spacial score (nSPS) is 38.4. The Kier molecular flexibility index (Phi) is 4.27. The number of carbonyl (C=O) groups excluding carboxylic acids is 2. The number of hydrogen-bond donors (Lipinski definition) is 1. The zero-order chi connectivity index (χ0) is 11.2. The standard InChI is InChI=1S/C10H16N3O2.Y/c1-7-4-12-6-10(2,11-3)9(15)13(12)8(7)5-14;/h7-8,11H,4,6H2,1-3H3;/q-1;. The van der Waals surface area contributed by atoms with Crippen LogP contribution in [0.5, 0.6) is 0 Å². The van der Waals surface area contributed by atoms with Crippen molar-refractivity contribution in [2.45, 2.75) is 25.4 Å². The van der Waals surface area contributed by atoms with Gasteiger partial charge in [-0.25, -0.2) is 11.3 Å². The van der Waals surface area contributed by atoms with Crippen molar-refractivity contribution >= 4 is 12.2 Å². The summed E-state index contributed by atoms with van der Waals surface area (Å²) in [5.41, 5.74) is -0.560. The molecule has 16 heavy (non-hydrogen) atoms. The van der Waals surface area contributed by atoms with Crippen LogP contribution in [0.4, 0.5) is 0 Å².